The van der Waals surface area contributed by atoms with Crippen molar-refractivity contribution >= 4 is 14.0 Å². The zero-order chi connectivity index (χ0) is 11.5. The summed E-state index contributed by atoms with van der Waals surface area (Å²) in [5.74, 6) is 2.45. The van der Waals surface area contributed by atoms with E-state index in [1.165, 1.54) is 0 Å². The Morgan fingerprint density at radius 3 is 2.67 bits per heavy atom. The van der Waals surface area contributed by atoms with E-state index < -0.39 is 14.0 Å². The van der Waals surface area contributed by atoms with Gasteiger partial charge in [-0.15, -0.1) is 5.54 Å². The van der Waals surface area contributed by atoms with E-state index in [4.69, 9.17) is 5.73 Å². The van der Waals surface area contributed by atoms with Crippen LogP contribution < -0.4 is 5.73 Å². The summed E-state index contributed by atoms with van der Waals surface area (Å²) in [6.45, 7) is 6.42. The van der Waals surface area contributed by atoms with Crippen LogP contribution >= 0.6 is 0 Å². The molecular weight excluding hydrogens is 204 g/mol. The zero-order valence-electron chi connectivity index (χ0n) is 9.16. The van der Waals surface area contributed by atoms with Crippen molar-refractivity contribution in [3.63, 3.8) is 0 Å². The van der Waals surface area contributed by atoms with E-state index in [2.05, 4.69) is 36.1 Å². The quantitative estimate of drug-likeness (QED) is 0.572. The summed E-state index contributed by atoms with van der Waals surface area (Å²) in [6.07, 6.45) is 1.54. The molecule has 1 heterocycles. The van der Waals surface area contributed by atoms with Crippen LogP contribution in [0.3, 0.4) is 0 Å². The lowest BCUT2D eigenvalue weighted by atomic mass is 10.2. The maximum absolute atomic E-state index is 11.0. The lowest BCUT2D eigenvalue weighted by Gasteiger charge is -2.04. The highest BCUT2D eigenvalue weighted by Gasteiger charge is 2.10. The third-order valence-corrected chi connectivity index (χ3v) is 2.49. The smallest absolute Gasteiger partial charge is 0.268 e. The lowest BCUT2D eigenvalue weighted by Crippen LogP contribution is -2.17. The van der Waals surface area contributed by atoms with Crippen molar-refractivity contribution in [1.82, 2.24) is 4.98 Å². The van der Waals surface area contributed by atoms with E-state index in [0.717, 1.165) is 0 Å². The molecule has 3 nitrogen and oxygen atoms in total. The van der Waals surface area contributed by atoms with Gasteiger partial charge in [-0.1, -0.05) is 25.6 Å². The van der Waals surface area contributed by atoms with Gasteiger partial charge in [-0.2, -0.15) is 0 Å². The molecule has 0 aliphatic carbocycles. The number of primary amides is 1. The molecule has 4 heteroatoms. The summed E-state index contributed by atoms with van der Waals surface area (Å²) in [6, 6.07) is 3.51. The molecule has 78 valence electrons. The van der Waals surface area contributed by atoms with E-state index in [9.17, 15) is 4.79 Å². The minimum absolute atomic E-state index is 0.253. The molecule has 0 unspecified atom stereocenters. The molecule has 0 spiro atoms. The molecule has 1 amide bonds. The molecule has 0 fully saturated rings. The Bertz CT molecular complexity index is 438. The molecule has 0 aromatic carbocycles. The number of rotatable bonds is 1. The number of pyridine rings is 1. The molecule has 15 heavy (non-hydrogen) atoms. The number of carbonyl (C=O) groups is 1. The van der Waals surface area contributed by atoms with Crippen molar-refractivity contribution in [3.05, 3.63) is 29.6 Å². The van der Waals surface area contributed by atoms with Crippen molar-refractivity contribution in [2.45, 2.75) is 19.6 Å². The highest BCUT2D eigenvalue weighted by molar-refractivity contribution is 6.83. The molecule has 0 bridgehead atoms. The van der Waals surface area contributed by atoms with E-state index in [0.29, 0.717) is 5.56 Å². The summed E-state index contributed by atoms with van der Waals surface area (Å²) >= 11 is 0. The monoisotopic (exact) mass is 218 g/mol. The zero-order valence-corrected chi connectivity index (χ0v) is 10.2. The first-order valence-corrected chi connectivity index (χ1v) is 8.18. The summed E-state index contributed by atoms with van der Waals surface area (Å²) in [5.41, 5.74) is 9.24. The van der Waals surface area contributed by atoms with Crippen LogP contribution in [0.1, 0.15) is 16.1 Å². The van der Waals surface area contributed by atoms with E-state index >= 15 is 0 Å². The molecule has 0 saturated heterocycles. The Balaban J connectivity index is 3.14. The number of carbonyl (C=O) groups excluding carboxylic acids is 1. The van der Waals surface area contributed by atoms with Crippen LogP contribution in [0.25, 0.3) is 0 Å². The third-order valence-electron chi connectivity index (χ3n) is 1.61. The summed E-state index contributed by atoms with van der Waals surface area (Å²) in [5, 5.41) is 0. The predicted octanol–water partition coefficient (Wildman–Crippen LogP) is 1.41. The molecule has 1 rings (SSSR count). The van der Waals surface area contributed by atoms with Gasteiger partial charge in [0.15, 0.2) is 0 Å². The number of hydrogen-bond donors (Lipinski definition) is 1. The van der Waals surface area contributed by atoms with Crippen LogP contribution in [0.2, 0.25) is 19.6 Å². The van der Waals surface area contributed by atoms with Crippen molar-refractivity contribution in [2.75, 3.05) is 0 Å². The second-order valence-electron chi connectivity index (χ2n) is 4.26. The summed E-state index contributed by atoms with van der Waals surface area (Å²) < 4.78 is 0. The Labute approximate surface area is 90.7 Å². The van der Waals surface area contributed by atoms with Gasteiger partial charge in [-0.3, -0.25) is 4.79 Å². The van der Waals surface area contributed by atoms with Crippen LogP contribution in [-0.4, -0.2) is 19.0 Å². The molecule has 0 aliphatic rings. The number of nitrogens with zero attached hydrogens (tertiary/aromatic N) is 1. The number of hydrogen-bond acceptors (Lipinski definition) is 2. The first-order valence-electron chi connectivity index (χ1n) is 4.68. The Morgan fingerprint density at radius 2 is 2.13 bits per heavy atom. The fourth-order valence-corrected chi connectivity index (χ4v) is 1.47. The largest absolute Gasteiger partial charge is 0.364 e. The first-order chi connectivity index (χ1) is 6.90. The van der Waals surface area contributed by atoms with Gasteiger partial charge in [-0.25, -0.2) is 4.98 Å². The van der Waals surface area contributed by atoms with Gasteiger partial charge >= 0.3 is 0 Å². The fraction of sp³-hybridized carbons (Fsp3) is 0.273. The topological polar surface area (TPSA) is 56.0 Å². The van der Waals surface area contributed by atoms with Crippen LogP contribution in [0.4, 0.5) is 0 Å². The molecule has 1 aromatic heterocycles. The molecule has 0 radical (unpaired) electrons. The first kappa shape index (κ1) is 11.5. The van der Waals surface area contributed by atoms with Gasteiger partial charge in [0.25, 0.3) is 5.91 Å². The van der Waals surface area contributed by atoms with Crippen molar-refractivity contribution in [2.24, 2.45) is 5.73 Å². The Hall–Kier alpha value is -1.60. The molecular formula is C11H14N2OSi. The van der Waals surface area contributed by atoms with E-state index in [-0.39, 0.29) is 5.69 Å². The normalized spacial score (nSPS) is 10.3. The van der Waals surface area contributed by atoms with Crippen molar-refractivity contribution < 1.29 is 4.79 Å². The molecule has 2 N–H and O–H groups in total. The average molecular weight is 218 g/mol. The maximum Gasteiger partial charge on any atom is 0.268 e. The van der Waals surface area contributed by atoms with Gasteiger partial charge in [0.05, 0.1) is 5.56 Å². The second-order valence-corrected chi connectivity index (χ2v) is 9.01. The predicted molar refractivity (Wildman–Crippen MR) is 63.0 cm³/mol. The minimum Gasteiger partial charge on any atom is -0.364 e. The van der Waals surface area contributed by atoms with E-state index in [1.54, 1.807) is 18.3 Å². The standard InChI is InChI=1S/C11H14N2OSi/c1-15(2,3)8-6-9-5-4-7-13-10(9)11(12)14/h4-5,7H,1-3H3,(H2,12,14). The van der Waals surface area contributed by atoms with Gasteiger partial charge in [0.2, 0.25) is 0 Å². The molecule has 1 aromatic rings. The van der Waals surface area contributed by atoms with Crippen LogP contribution in [0, 0.1) is 11.5 Å². The van der Waals surface area contributed by atoms with Crippen molar-refractivity contribution in [3.8, 4) is 11.5 Å². The number of aromatic nitrogens is 1. The molecule has 0 saturated carbocycles. The number of amides is 1. The van der Waals surface area contributed by atoms with Gasteiger partial charge in [-0.05, 0) is 12.1 Å². The Kier molecular flexibility index (Phi) is 3.27. The average Bonchev–Trinajstić information content (AvgIpc) is 2.14. The molecule has 0 aliphatic heterocycles. The van der Waals surface area contributed by atoms with Gasteiger partial charge in [0, 0.05) is 6.20 Å². The number of nitrogens with two attached hydrogens (primary N) is 1. The highest BCUT2D eigenvalue weighted by atomic mass is 28.3. The van der Waals surface area contributed by atoms with Gasteiger partial charge in [0.1, 0.15) is 13.8 Å². The minimum atomic E-state index is -1.44. The second kappa shape index (κ2) is 4.28. The molecule has 0 atom stereocenters. The maximum atomic E-state index is 11.0. The van der Waals surface area contributed by atoms with Crippen LogP contribution in [-0.2, 0) is 0 Å². The van der Waals surface area contributed by atoms with Gasteiger partial charge < -0.3 is 5.73 Å². The van der Waals surface area contributed by atoms with Crippen LogP contribution in [0.5, 0.6) is 0 Å². The summed E-state index contributed by atoms with van der Waals surface area (Å²) in [7, 11) is -1.44. The highest BCUT2D eigenvalue weighted by Crippen LogP contribution is 2.04. The fourth-order valence-electron chi connectivity index (χ4n) is 0.957. The summed E-state index contributed by atoms with van der Waals surface area (Å²) in [4.78, 5) is 15.0. The lowest BCUT2D eigenvalue weighted by molar-refractivity contribution is 0.0995. The van der Waals surface area contributed by atoms with E-state index in [1.807, 2.05) is 0 Å². The van der Waals surface area contributed by atoms with Crippen LogP contribution in [0.15, 0.2) is 18.3 Å². The van der Waals surface area contributed by atoms with Crippen molar-refractivity contribution in [1.29, 1.82) is 0 Å². The Morgan fingerprint density at radius 1 is 1.47 bits per heavy atom. The SMILES string of the molecule is C[Si](C)(C)C#Cc1cccnc1C(N)=O. The third kappa shape index (κ3) is 3.56.